The van der Waals surface area contributed by atoms with Crippen molar-refractivity contribution < 1.29 is 8.42 Å². The topological polar surface area (TPSA) is 122 Å². The fourth-order valence-corrected chi connectivity index (χ4v) is 5.48. The molecule has 1 saturated heterocycles. The Labute approximate surface area is 201 Å². The van der Waals surface area contributed by atoms with Crippen molar-refractivity contribution in [3.05, 3.63) is 67.4 Å². The maximum Gasteiger partial charge on any atom is 0.211 e. The van der Waals surface area contributed by atoms with E-state index in [0.717, 1.165) is 27.8 Å². The minimum Gasteiger partial charge on any atom is -0.306 e. The van der Waals surface area contributed by atoms with E-state index in [9.17, 15) is 13.7 Å². The SMILES string of the molecule is CS(=O)(=O)N1CC(CC#N)(n2ccc(-c3nc(-c4ccc5nccn5c4)cc4ncccc34)n2)C1. The number of sulfonamides is 1. The fraction of sp³-hybridized carbons (Fsp3) is 0.208. The molecule has 6 rings (SSSR count). The number of rotatable bonds is 5. The average molecular weight is 485 g/mol. The highest BCUT2D eigenvalue weighted by molar-refractivity contribution is 7.88. The molecule has 0 amide bonds. The second-order valence-corrected chi connectivity index (χ2v) is 10.8. The summed E-state index contributed by atoms with van der Waals surface area (Å²) in [7, 11) is -3.33. The number of nitrogens with zero attached hydrogens (tertiary/aromatic N) is 8. The molecule has 1 aliphatic heterocycles. The van der Waals surface area contributed by atoms with Gasteiger partial charge in [0.2, 0.25) is 10.0 Å². The van der Waals surface area contributed by atoms with Crippen LogP contribution in [-0.2, 0) is 15.6 Å². The normalized spacial score (nSPS) is 15.8. The molecular weight excluding hydrogens is 464 g/mol. The minimum absolute atomic E-state index is 0.154. The summed E-state index contributed by atoms with van der Waals surface area (Å²) in [5.74, 6) is 0. The number of hydrogen-bond acceptors (Lipinski definition) is 7. The van der Waals surface area contributed by atoms with Gasteiger partial charge in [0, 0.05) is 55.0 Å². The third-order valence-electron chi connectivity index (χ3n) is 6.42. The largest absolute Gasteiger partial charge is 0.306 e. The highest BCUT2D eigenvalue weighted by atomic mass is 32.2. The number of fused-ring (bicyclic) bond motifs is 2. The standard InChI is InChI=1S/C24H20N8O2S/c1-35(33,34)31-15-24(16-31,7-8-25)32-11-6-19(29-32)23-18-3-2-9-26-21(18)13-20(28-23)17-4-5-22-27-10-12-30(22)14-17/h2-6,9-14H,7,15-16H2,1H3. The molecule has 0 N–H and O–H groups in total. The molecule has 5 aromatic heterocycles. The van der Waals surface area contributed by atoms with Crippen molar-refractivity contribution in [2.75, 3.05) is 19.3 Å². The number of aromatic nitrogens is 6. The summed E-state index contributed by atoms with van der Waals surface area (Å²) >= 11 is 0. The molecule has 174 valence electrons. The lowest BCUT2D eigenvalue weighted by atomic mass is 9.89. The predicted octanol–water partition coefficient (Wildman–Crippen LogP) is 2.69. The molecule has 1 aliphatic rings. The van der Waals surface area contributed by atoms with Crippen LogP contribution in [0.15, 0.2) is 67.4 Å². The smallest absolute Gasteiger partial charge is 0.211 e. The molecule has 5 aromatic rings. The van der Waals surface area contributed by atoms with Crippen LogP contribution in [0.25, 0.3) is 39.2 Å². The molecule has 0 aliphatic carbocycles. The van der Waals surface area contributed by atoms with Crippen LogP contribution in [0.3, 0.4) is 0 Å². The van der Waals surface area contributed by atoms with Gasteiger partial charge in [-0.1, -0.05) is 0 Å². The molecule has 0 unspecified atom stereocenters. The van der Waals surface area contributed by atoms with Crippen LogP contribution >= 0.6 is 0 Å². The average Bonchev–Trinajstić information content (AvgIpc) is 3.49. The van der Waals surface area contributed by atoms with Gasteiger partial charge in [-0.25, -0.2) is 18.4 Å². The Bertz CT molecular complexity index is 1740. The van der Waals surface area contributed by atoms with Crippen LogP contribution in [0.1, 0.15) is 6.42 Å². The Balaban J connectivity index is 1.45. The Hall–Kier alpha value is -4.14. The summed E-state index contributed by atoms with van der Waals surface area (Å²) in [5.41, 5.74) is 3.88. The van der Waals surface area contributed by atoms with Gasteiger partial charge in [-0.3, -0.25) is 9.67 Å². The third kappa shape index (κ3) is 3.54. The Morgan fingerprint density at radius 1 is 1.09 bits per heavy atom. The molecule has 0 spiro atoms. The van der Waals surface area contributed by atoms with Gasteiger partial charge in [-0.2, -0.15) is 14.7 Å². The summed E-state index contributed by atoms with van der Waals surface area (Å²) in [4.78, 5) is 13.8. The van der Waals surface area contributed by atoms with Gasteiger partial charge in [0.1, 0.15) is 22.6 Å². The summed E-state index contributed by atoms with van der Waals surface area (Å²) in [6, 6.07) is 13.7. The van der Waals surface area contributed by atoms with Crippen LogP contribution in [0.5, 0.6) is 0 Å². The van der Waals surface area contributed by atoms with E-state index in [1.54, 1.807) is 23.3 Å². The molecule has 0 atom stereocenters. The Morgan fingerprint density at radius 2 is 1.94 bits per heavy atom. The molecule has 11 heteroatoms. The summed E-state index contributed by atoms with van der Waals surface area (Å²) in [6.07, 6.45) is 10.5. The molecule has 0 aromatic carbocycles. The molecule has 6 heterocycles. The van der Waals surface area contributed by atoms with E-state index in [1.165, 1.54) is 10.6 Å². The fourth-order valence-electron chi connectivity index (χ4n) is 4.53. The first-order chi connectivity index (χ1) is 16.9. The van der Waals surface area contributed by atoms with E-state index < -0.39 is 15.6 Å². The molecule has 0 bridgehead atoms. The van der Waals surface area contributed by atoms with Crippen molar-refractivity contribution in [1.82, 2.24) is 33.4 Å². The van der Waals surface area contributed by atoms with Gasteiger partial charge in [0.05, 0.1) is 30.0 Å². The highest BCUT2D eigenvalue weighted by Crippen LogP contribution is 2.35. The molecule has 0 saturated carbocycles. The first-order valence-electron chi connectivity index (χ1n) is 10.9. The molecule has 35 heavy (non-hydrogen) atoms. The van der Waals surface area contributed by atoms with E-state index >= 15 is 0 Å². The Morgan fingerprint density at radius 3 is 2.74 bits per heavy atom. The van der Waals surface area contributed by atoms with Crippen molar-refractivity contribution in [1.29, 1.82) is 5.26 Å². The zero-order valence-electron chi connectivity index (χ0n) is 18.8. The summed E-state index contributed by atoms with van der Waals surface area (Å²) in [5, 5.41) is 15.0. The van der Waals surface area contributed by atoms with Crippen LogP contribution in [0.4, 0.5) is 0 Å². The number of nitriles is 1. The van der Waals surface area contributed by atoms with E-state index in [-0.39, 0.29) is 19.5 Å². The van der Waals surface area contributed by atoms with Gasteiger partial charge >= 0.3 is 0 Å². The van der Waals surface area contributed by atoms with Crippen molar-refractivity contribution in [2.45, 2.75) is 12.0 Å². The zero-order chi connectivity index (χ0) is 24.2. The lowest BCUT2D eigenvalue weighted by Crippen LogP contribution is -2.63. The zero-order valence-corrected chi connectivity index (χ0v) is 19.6. The van der Waals surface area contributed by atoms with E-state index in [0.29, 0.717) is 11.4 Å². The van der Waals surface area contributed by atoms with Crippen LogP contribution < -0.4 is 0 Å². The lowest BCUT2D eigenvalue weighted by molar-refractivity contribution is 0.0726. The molecule has 1 fully saturated rings. The van der Waals surface area contributed by atoms with Crippen molar-refractivity contribution in [3.8, 4) is 28.7 Å². The minimum atomic E-state index is -3.33. The second-order valence-electron chi connectivity index (χ2n) is 8.77. The summed E-state index contributed by atoms with van der Waals surface area (Å²) < 4.78 is 28.9. The maximum atomic E-state index is 11.9. The highest BCUT2D eigenvalue weighted by Gasteiger charge is 2.49. The quantitative estimate of drug-likeness (QED) is 0.376. The first-order valence-corrected chi connectivity index (χ1v) is 12.8. The second kappa shape index (κ2) is 7.69. The number of pyridine rings is 3. The Kier molecular flexibility index (Phi) is 4.70. The maximum absolute atomic E-state index is 11.9. The van der Waals surface area contributed by atoms with E-state index in [2.05, 4.69) is 16.0 Å². The first kappa shape index (κ1) is 21.4. The van der Waals surface area contributed by atoms with Crippen LogP contribution in [-0.4, -0.2) is 61.2 Å². The van der Waals surface area contributed by atoms with Crippen molar-refractivity contribution in [3.63, 3.8) is 0 Å². The number of imidazole rings is 1. The predicted molar refractivity (Wildman–Crippen MR) is 130 cm³/mol. The van der Waals surface area contributed by atoms with Crippen LogP contribution in [0.2, 0.25) is 0 Å². The summed E-state index contributed by atoms with van der Waals surface area (Å²) in [6.45, 7) is 0.419. The lowest BCUT2D eigenvalue weighted by Gasteiger charge is -2.47. The van der Waals surface area contributed by atoms with Gasteiger partial charge in [0.25, 0.3) is 0 Å². The van der Waals surface area contributed by atoms with Gasteiger partial charge in [-0.15, -0.1) is 0 Å². The van der Waals surface area contributed by atoms with Crippen LogP contribution in [0, 0.1) is 11.3 Å². The van der Waals surface area contributed by atoms with Gasteiger partial charge in [-0.05, 0) is 36.4 Å². The molecule has 0 radical (unpaired) electrons. The monoisotopic (exact) mass is 484 g/mol. The van der Waals surface area contributed by atoms with Crippen molar-refractivity contribution in [2.24, 2.45) is 0 Å². The van der Waals surface area contributed by atoms with E-state index in [4.69, 9.17) is 10.1 Å². The molecule has 10 nitrogen and oxygen atoms in total. The van der Waals surface area contributed by atoms with Gasteiger partial charge < -0.3 is 4.40 Å². The van der Waals surface area contributed by atoms with Gasteiger partial charge in [0.15, 0.2) is 0 Å². The van der Waals surface area contributed by atoms with E-state index in [1.807, 2.05) is 53.2 Å². The number of hydrogen-bond donors (Lipinski definition) is 0. The van der Waals surface area contributed by atoms with Crippen molar-refractivity contribution >= 4 is 26.6 Å². The third-order valence-corrected chi connectivity index (χ3v) is 7.62. The molecular formula is C24H20N8O2S.